The summed E-state index contributed by atoms with van der Waals surface area (Å²) in [5, 5.41) is 13.8. The molecule has 2 aromatic heterocycles. The Morgan fingerprint density at radius 1 is 0.914 bits per heavy atom. The van der Waals surface area contributed by atoms with Crippen LogP contribution in [0.3, 0.4) is 0 Å². The molecule has 174 valence electrons. The van der Waals surface area contributed by atoms with Crippen LogP contribution >= 0.6 is 0 Å². The minimum atomic E-state index is -0.471. The molecule has 0 aliphatic heterocycles. The summed E-state index contributed by atoms with van der Waals surface area (Å²) in [7, 11) is 1.88. The minimum Gasteiger partial charge on any atom is -0.340 e. The molecule has 0 bridgehead atoms. The van der Waals surface area contributed by atoms with Crippen molar-refractivity contribution in [3.05, 3.63) is 90.8 Å². The topological polar surface area (TPSA) is 96.8 Å². The monoisotopic (exact) mass is 467 g/mol. The second-order valence-corrected chi connectivity index (χ2v) is 8.11. The Morgan fingerprint density at radius 3 is 2.49 bits per heavy atom. The lowest BCUT2D eigenvalue weighted by Gasteiger charge is -2.12. The van der Waals surface area contributed by atoms with Crippen molar-refractivity contribution < 1.29 is 9.18 Å². The van der Waals surface area contributed by atoms with Crippen LogP contribution < -0.4 is 16.0 Å². The maximum absolute atomic E-state index is 13.7. The number of nitrogens with one attached hydrogen (secondary N) is 3. The van der Waals surface area contributed by atoms with Gasteiger partial charge in [-0.05, 0) is 60.5 Å². The van der Waals surface area contributed by atoms with E-state index in [9.17, 15) is 9.18 Å². The predicted octanol–water partition coefficient (Wildman–Crippen LogP) is 5.87. The zero-order valence-corrected chi connectivity index (χ0v) is 19.1. The average molecular weight is 468 g/mol. The van der Waals surface area contributed by atoms with Crippen LogP contribution in [0.5, 0.6) is 0 Å². The third-order valence-corrected chi connectivity index (χ3v) is 5.49. The van der Waals surface area contributed by atoms with E-state index in [0.29, 0.717) is 22.8 Å². The lowest BCUT2D eigenvalue weighted by Crippen LogP contribution is -2.19. The Balaban J connectivity index is 1.32. The number of carbonyl (C=O) groups excluding carboxylic acids is 1. The summed E-state index contributed by atoms with van der Waals surface area (Å²) >= 11 is 0. The third kappa shape index (κ3) is 4.93. The fraction of sp³-hybridized carbons (Fsp3) is 0.0769. The lowest BCUT2D eigenvalue weighted by molar-refractivity contribution is 0.262. The first-order valence-corrected chi connectivity index (χ1v) is 10.9. The number of carbonyl (C=O) groups is 1. The lowest BCUT2D eigenvalue weighted by atomic mass is 10.1. The highest BCUT2D eigenvalue weighted by atomic mass is 19.1. The summed E-state index contributed by atoms with van der Waals surface area (Å²) in [6.45, 7) is 1.66. The molecule has 3 N–H and O–H groups in total. The van der Waals surface area contributed by atoms with E-state index in [1.807, 2.05) is 49.8 Å². The van der Waals surface area contributed by atoms with Crippen molar-refractivity contribution in [3.63, 3.8) is 0 Å². The first kappa shape index (κ1) is 22.0. The maximum Gasteiger partial charge on any atom is 0.323 e. The zero-order valence-electron chi connectivity index (χ0n) is 19.1. The molecular formula is C26H22FN7O. The molecule has 0 unspecified atom stereocenters. The molecule has 3 aromatic carbocycles. The molecule has 5 rings (SSSR count). The summed E-state index contributed by atoms with van der Waals surface area (Å²) in [6, 6.07) is 17.3. The number of aromatic nitrogens is 4. The number of nitrogens with zero attached hydrogens (tertiary/aromatic N) is 4. The Labute approximate surface area is 200 Å². The van der Waals surface area contributed by atoms with Gasteiger partial charge in [-0.2, -0.15) is 5.10 Å². The summed E-state index contributed by atoms with van der Waals surface area (Å²) in [5.74, 6) is 0.267. The van der Waals surface area contributed by atoms with Crippen LogP contribution in [0.25, 0.3) is 22.0 Å². The number of fused-ring (bicyclic) bond motifs is 1. The fourth-order valence-electron chi connectivity index (χ4n) is 3.68. The Hall–Kier alpha value is -4.79. The summed E-state index contributed by atoms with van der Waals surface area (Å²) < 4.78 is 15.5. The van der Waals surface area contributed by atoms with Gasteiger partial charge in [-0.3, -0.25) is 4.68 Å². The molecule has 0 spiro atoms. The molecule has 2 amide bonds. The molecule has 35 heavy (non-hydrogen) atoms. The normalized spacial score (nSPS) is 10.8. The molecule has 0 aliphatic rings. The summed E-state index contributed by atoms with van der Waals surface area (Å²) in [5.41, 5.74) is 5.01. The van der Waals surface area contributed by atoms with Gasteiger partial charge in [0.2, 0.25) is 0 Å². The highest BCUT2D eigenvalue weighted by Crippen LogP contribution is 2.28. The molecule has 0 saturated heterocycles. The van der Waals surface area contributed by atoms with Crippen molar-refractivity contribution in [2.45, 2.75) is 6.92 Å². The maximum atomic E-state index is 13.7. The number of halogens is 1. The number of urea groups is 1. The van der Waals surface area contributed by atoms with Crippen molar-refractivity contribution in [3.8, 4) is 11.1 Å². The number of hydrogen-bond acceptors (Lipinski definition) is 5. The van der Waals surface area contributed by atoms with Gasteiger partial charge in [0.25, 0.3) is 0 Å². The predicted molar refractivity (Wildman–Crippen MR) is 135 cm³/mol. The molecular weight excluding hydrogens is 445 g/mol. The summed E-state index contributed by atoms with van der Waals surface area (Å²) in [6.07, 6.45) is 5.27. The number of aryl methyl sites for hydroxylation is 2. The SMILES string of the molecule is Cc1ccc(NC(=O)Nc2cccc(Nc3ncnc4cc(-c5cnn(C)c5)ccc34)c2)cc1F. The van der Waals surface area contributed by atoms with Crippen LogP contribution in [0.15, 0.2) is 79.4 Å². The molecule has 0 saturated carbocycles. The van der Waals surface area contributed by atoms with Crippen LogP contribution in [0.1, 0.15) is 5.56 Å². The van der Waals surface area contributed by atoms with Crippen molar-refractivity contribution in [2.75, 3.05) is 16.0 Å². The number of hydrogen-bond donors (Lipinski definition) is 3. The van der Waals surface area contributed by atoms with Crippen LogP contribution in [-0.2, 0) is 7.05 Å². The molecule has 0 fully saturated rings. The number of benzene rings is 3. The Kier molecular flexibility index (Phi) is 5.80. The van der Waals surface area contributed by atoms with Gasteiger partial charge in [0.1, 0.15) is 18.0 Å². The first-order valence-electron chi connectivity index (χ1n) is 10.9. The highest BCUT2D eigenvalue weighted by molar-refractivity contribution is 6.00. The van der Waals surface area contributed by atoms with Gasteiger partial charge in [-0.1, -0.05) is 18.2 Å². The van der Waals surface area contributed by atoms with Crippen molar-refractivity contribution >= 4 is 39.8 Å². The standard InChI is InChI=1S/C26H22FN7O/c1-16-6-8-21(12-23(16)27)33-26(35)32-20-5-3-4-19(11-20)31-25-22-9-7-17(10-24(22)28-15-29-25)18-13-30-34(2)14-18/h3-15H,1-2H3,(H,28,29,31)(H2,32,33,35). The van der Waals surface area contributed by atoms with Gasteiger partial charge in [0.15, 0.2) is 0 Å². The molecule has 0 aliphatic carbocycles. The van der Waals surface area contributed by atoms with Crippen LogP contribution in [-0.4, -0.2) is 25.8 Å². The second kappa shape index (κ2) is 9.22. The number of anilines is 4. The van der Waals surface area contributed by atoms with Crippen molar-refractivity contribution in [1.82, 2.24) is 19.7 Å². The minimum absolute atomic E-state index is 0.373. The summed E-state index contributed by atoms with van der Waals surface area (Å²) in [4.78, 5) is 21.2. The number of amides is 2. The van der Waals surface area contributed by atoms with E-state index in [1.54, 1.807) is 35.9 Å². The molecule has 0 atom stereocenters. The van der Waals surface area contributed by atoms with Crippen LogP contribution in [0, 0.1) is 12.7 Å². The van der Waals surface area contributed by atoms with E-state index in [-0.39, 0.29) is 5.82 Å². The Morgan fingerprint density at radius 2 is 1.71 bits per heavy atom. The molecule has 2 heterocycles. The van der Waals surface area contributed by atoms with Crippen molar-refractivity contribution in [1.29, 1.82) is 0 Å². The van der Waals surface area contributed by atoms with Gasteiger partial charge in [0, 0.05) is 41.3 Å². The van der Waals surface area contributed by atoms with Gasteiger partial charge in [-0.15, -0.1) is 0 Å². The van der Waals surface area contributed by atoms with Gasteiger partial charge in [-0.25, -0.2) is 19.2 Å². The third-order valence-electron chi connectivity index (χ3n) is 5.49. The van der Waals surface area contributed by atoms with Gasteiger partial charge < -0.3 is 16.0 Å². The number of rotatable bonds is 5. The fourth-order valence-corrected chi connectivity index (χ4v) is 3.68. The molecule has 9 heteroatoms. The first-order chi connectivity index (χ1) is 16.9. The molecule has 5 aromatic rings. The quantitative estimate of drug-likeness (QED) is 0.301. The largest absolute Gasteiger partial charge is 0.340 e. The zero-order chi connectivity index (χ0) is 24.4. The van der Waals surface area contributed by atoms with E-state index in [1.165, 1.54) is 12.4 Å². The van der Waals surface area contributed by atoms with Crippen LogP contribution in [0.4, 0.5) is 32.1 Å². The highest BCUT2D eigenvalue weighted by Gasteiger charge is 2.09. The second-order valence-electron chi connectivity index (χ2n) is 8.11. The van der Waals surface area contributed by atoms with E-state index >= 15 is 0 Å². The van der Waals surface area contributed by atoms with E-state index in [4.69, 9.17) is 0 Å². The van der Waals surface area contributed by atoms with Gasteiger partial charge in [0.05, 0.1) is 11.7 Å². The molecule has 8 nitrogen and oxygen atoms in total. The van der Waals surface area contributed by atoms with E-state index in [0.717, 1.165) is 27.7 Å². The molecule has 0 radical (unpaired) electrons. The van der Waals surface area contributed by atoms with Crippen molar-refractivity contribution in [2.24, 2.45) is 7.05 Å². The smallest absolute Gasteiger partial charge is 0.323 e. The Bertz CT molecular complexity index is 1550. The average Bonchev–Trinajstić information content (AvgIpc) is 3.28. The van der Waals surface area contributed by atoms with Crippen LogP contribution in [0.2, 0.25) is 0 Å². The van der Waals surface area contributed by atoms with E-state index < -0.39 is 6.03 Å². The van der Waals surface area contributed by atoms with E-state index in [2.05, 4.69) is 31.0 Å². The van der Waals surface area contributed by atoms with Gasteiger partial charge >= 0.3 is 6.03 Å².